The molecule has 1 heterocycles. The Kier molecular flexibility index (Phi) is 3.93. The molecule has 1 N–H and O–H groups in total. The van der Waals surface area contributed by atoms with Crippen molar-refractivity contribution in [1.29, 1.82) is 0 Å². The highest BCUT2D eigenvalue weighted by Crippen LogP contribution is 2.32. The van der Waals surface area contributed by atoms with Gasteiger partial charge in [0.2, 0.25) is 0 Å². The van der Waals surface area contributed by atoms with Crippen LogP contribution in [0.4, 0.5) is 20.3 Å². The topological polar surface area (TPSA) is 68.1 Å². The molecule has 2 rings (SSSR count). The summed E-state index contributed by atoms with van der Waals surface area (Å²) in [5.41, 5.74) is -0.877. The first-order chi connectivity index (χ1) is 9.43. The van der Waals surface area contributed by atoms with Crippen molar-refractivity contribution in [2.75, 3.05) is 12.4 Å². The zero-order valence-electron chi connectivity index (χ0n) is 10.2. The Morgan fingerprint density at radius 3 is 2.65 bits per heavy atom. The van der Waals surface area contributed by atoms with Crippen molar-refractivity contribution >= 4 is 27.4 Å². The first-order valence-corrected chi connectivity index (χ1v) is 6.21. The molecule has 104 valence electrons. The van der Waals surface area contributed by atoms with Gasteiger partial charge in [0.15, 0.2) is 0 Å². The van der Waals surface area contributed by atoms with E-state index in [1.165, 1.54) is 19.2 Å². The van der Waals surface area contributed by atoms with Crippen molar-refractivity contribution in [3.8, 4) is 11.3 Å². The van der Waals surface area contributed by atoms with Crippen LogP contribution in [-0.2, 0) is 0 Å². The minimum atomic E-state index is -0.861. The first kappa shape index (κ1) is 14.3. The van der Waals surface area contributed by atoms with Gasteiger partial charge in [-0.3, -0.25) is 10.1 Å². The first-order valence-electron chi connectivity index (χ1n) is 5.42. The summed E-state index contributed by atoms with van der Waals surface area (Å²) < 4.78 is 27.8. The summed E-state index contributed by atoms with van der Waals surface area (Å²) in [6.45, 7) is 0. The number of nitrogens with one attached hydrogen (secondary N) is 1. The van der Waals surface area contributed by atoms with Crippen LogP contribution < -0.4 is 5.32 Å². The lowest BCUT2D eigenvalue weighted by Gasteiger charge is -2.08. The van der Waals surface area contributed by atoms with Crippen molar-refractivity contribution in [3.63, 3.8) is 0 Å². The van der Waals surface area contributed by atoms with Gasteiger partial charge >= 0.3 is 0 Å². The summed E-state index contributed by atoms with van der Waals surface area (Å²) in [7, 11) is 1.50. The lowest BCUT2D eigenvalue weighted by molar-refractivity contribution is -0.384. The lowest BCUT2D eigenvalue weighted by atomic mass is 10.1. The molecule has 0 saturated heterocycles. The number of anilines is 1. The van der Waals surface area contributed by atoms with Gasteiger partial charge in [-0.05, 0) is 28.1 Å². The lowest BCUT2D eigenvalue weighted by Crippen LogP contribution is -2.00. The maximum atomic E-state index is 14.0. The van der Waals surface area contributed by atoms with Gasteiger partial charge < -0.3 is 5.32 Å². The molecule has 0 aliphatic rings. The number of halogens is 3. The second-order valence-electron chi connectivity index (χ2n) is 3.82. The fourth-order valence-corrected chi connectivity index (χ4v) is 1.97. The molecule has 0 amide bonds. The Morgan fingerprint density at radius 2 is 2.05 bits per heavy atom. The molecule has 0 radical (unpaired) electrons. The second kappa shape index (κ2) is 5.49. The number of hydrogen-bond donors (Lipinski definition) is 1. The highest BCUT2D eigenvalue weighted by atomic mass is 79.9. The van der Waals surface area contributed by atoms with Gasteiger partial charge in [-0.2, -0.15) is 0 Å². The second-order valence-corrected chi connectivity index (χ2v) is 4.68. The number of rotatable bonds is 3. The predicted molar refractivity (Wildman–Crippen MR) is 73.5 cm³/mol. The molecule has 20 heavy (non-hydrogen) atoms. The van der Waals surface area contributed by atoms with E-state index in [2.05, 4.69) is 26.2 Å². The van der Waals surface area contributed by atoms with Crippen molar-refractivity contribution in [2.45, 2.75) is 0 Å². The van der Waals surface area contributed by atoms with Crippen LogP contribution in [0.2, 0.25) is 0 Å². The standard InChI is InChI=1S/C12H8BrF2N3O2/c1-16-10-5-6(18(19)20)4-9(17-10)11-8(14)3-2-7(13)12(11)15/h2-5H,1H3,(H,16,17). The fourth-order valence-electron chi connectivity index (χ4n) is 1.64. The van der Waals surface area contributed by atoms with Crippen LogP contribution in [0.15, 0.2) is 28.7 Å². The summed E-state index contributed by atoms with van der Waals surface area (Å²) in [6.07, 6.45) is 0. The van der Waals surface area contributed by atoms with Crippen LogP contribution in [0.3, 0.4) is 0 Å². The van der Waals surface area contributed by atoms with E-state index in [4.69, 9.17) is 0 Å². The maximum Gasteiger partial charge on any atom is 0.275 e. The Morgan fingerprint density at radius 1 is 1.35 bits per heavy atom. The van der Waals surface area contributed by atoms with E-state index in [0.29, 0.717) is 0 Å². The molecule has 0 aliphatic carbocycles. The molecule has 0 fully saturated rings. The maximum absolute atomic E-state index is 14.0. The molecule has 0 saturated carbocycles. The third-order valence-electron chi connectivity index (χ3n) is 2.58. The van der Waals surface area contributed by atoms with Crippen LogP contribution in [0.5, 0.6) is 0 Å². The van der Waals surface area contributed by atoms with E-state index in [9.17, 15) is 18.9 Å². The van der Waals surface area contributed by atoms with E-state index in [-0.39, 0.29) is 21.7 Å². The molecule has 0 bridgehead atoms. The number of benzene rings is 1. The monoisotopic (exact) mass is 343 g/mol. The van der Waals surface area contributed by atoms with Crippen LogP contribution in [0, 0.1) is 21.7 Å². The molecule has 0 spiro atoms. The predicted octanol–water partition coefficient (Wildman–Crippen LogP) is 3.74. The van der Waals surface area contributed by atoms with Crippen molar-refractivity contribution in [3.05, 3.63) is 50.5 Å². The average molecular weight is 344 g/mol. The zero-order valence-corrected chi connectivity index (χ0v) is 11.7. The molecule has 8 heteroatoms. The Balaban J connectivity index is 2.72. The molecule has 1 aromatic heterocycles. The zero-order chi connectivity index (χ0) is 14.9. The summed E-state index contributed by atoms with van der Waals surface area (Å²) in [6, 6.07) is 4.47. The molecular formula is C12H8BrF2N3O2. The van der Waals surface area contributed by atoms with Gasteiger partial charge in [0.05, 0.1) is 26.7 Å². The van der Waals surface area contributed by atoms with Gasteiger partial charge in [0.25, 0.3) is 5.69 Å². The van der Waals surface area contributed by atoms with Gasteiger partial charge in [0.1, 0.15) is 17.5 Å². The largest absolute Gasteiger partial charge is 0.373 e. The van der Waals surface area contributed by atoms with E-state index in [1.54, 1.807) is 0 Å². The van der Waals surface area contributed by atoms with Crippen LogP contribution in [-0.4, -0.2) is 17.0 Å². The number of aromatic nitrogens is 1. The smallest absolute Gasteiger partial charge is 0.275 e. The highest BCUT2D eigenvalue weighted by Gasteiger charge is 2.19. The molecule has 0 aliphatic heterocycles. The van der Waals surface area contributed by atoms with Crippen molar-refractivity contribution in [2.24, 2.45) is 0 Å². The third-order valence-corrected chi connectivity index (χ3v) is 3.19. The molecule has 5 nitrogen and oxygen atoms in total. The fraction of sp³-hybridized carbons (Fsp3) is 0.0833. The number of nitrogens with zero attached hydrogens (tertiary/aromatic N) is 2. The summed E-state index contributed by atoms with van der Waals surface area (Å²) in [4.78, 5) is 14.1. The minimum Gasteiger partial charge on any atom is -0.373 e. The highest BCUT2D eigenvalue weighted by molar-refractivity contribution is 9.10. The quantitative estimate of drug-likeness (QED) is 0.523. The summed E-state index contributed by atoms with van der Waals surface area (Å²) >= 11 is 2.94. The minimum absolute atomic E-state index is 0.0493. The molecule has 0 unspecified atom stereocenters. The van der Waals surface area contributed by atoms with Crippen LogP contribution >= 0.6 is 15.9 Å². The Labute approximate surface area is 120 Å². The summed E-state index contributed by atoms with van der Waals surface area (Å²) in [5, 5.41) is 13.5. The van der Waals surface area contributed by atoms with Crippen LogP contribution in [0.1, 0.15) is 0 Å². The van der Waals surface area contributed by atoms with Gasteiger partial charge in [0, 0.05) is 13.1 Å². The number of nitro groups is 1. The SMILES string of the molecule is CNc1cc([N+](=O)[O-])cc(-c2c(F)ccc(Br)c2F)n1. The molecule has 2 aromatic rings. The number of pyridine rings is 1. The normalized spacial score (nSPS) is 10.4. The van der Waals surface area contributed by atoms with E-state index >= 15 is 0 Å². The van der Waals surface area contributed by atoms with Gasteiger partial charge in [-0.25, -0.2) is 13.8 Å². The van der Waals surface area contributed by atoms with Gasteiger partial charge in [-0.15, -0.1) is 0 Å². The number of hydrogen-bond acceptors (Lipinski definition) is 4. The average Bonchev–Trinajstić information content (AvgIpc) is 2.43. The van der Waals surface area contributed by atoms with Crippen molar-refractivity contribution < 1.29 is 13.7 Å². The van der Waals surface area contributed by atoms with E-state index < -0.39 is 22.1 Å². The molecular weight excluding hydrogens is 336 g/mol. The molecule has 0 atom stereocenters. The van der Waals surface area contributed by atoms with Gasteiger partial charge in [-0.1, -0.05) is 0 Å². The third kappa shape index (κ3) is 2.60. The van der Waals surface area contributed by atoms with Crippen molar-refractivity contribution in [1.82, 2.24) is 4.98 Å². The Hall–Kier alpha value is -2.09. The van der Waals surface area contributed by atoms with E-state index in [1.807, 2.05) is 0 Å². The summed E-state index contributed by atoms with van der Waals surface area (Å²) in [5.74, 6) is -1.56. The van der Waals surface area contributed by atoms with E-state index in [0.717, 1.165) is 12.1 Å². The molecule has 1 aromatic carbocycles. The Bertz CT molecular complexity index is 695. The van der Waals surface area contributed by atoms with Crippen LogP contribution in [0.25, 0.3) is 11.3 Å².